The third-order valence-corrected chi connectivity index (χ3v) is 7.20. The van der Waals surface area contributed by atoms with Gasteiger partial charge in [0.15, 0.2) is 11.5 Å². The summed E-state index contributed by atoms with van der Waals surface area (Å²) in [6, 6.07) is 5.73. The molecule has 0 bridgehead atoms. The Labute approximate surface area is 152 Å². The summed E-state index contributed by atoms with van der Waals surface area (Å²) < 4.78 is 14.4. The zero-order chi connectivity index (χ0) is 15.0. The predicted molar refractivity (Wildman–Crippen MR) is 95.5 cm³/mol. The van der Waals surface area contributed by atoms with Crippen molar-refractivity contribution in [2.24, 2.45) is 5.73 Å². The van der Waals surface area contributed by atoms with Gasteiger partial charge in [-0.15, -0.1) is 11.3 Å². The molecule has 1 aromatic heterocycles. The molecule has 0 saturated carbocycles. The molecule has 1 aromatic carbocycles. The number of hydrogen-bond acceptors (Lipinski definition) is 4. The molecule has 3 rings (SSSR count). The van der Waals surface area contributed by atoms with Gasteiger partial charge in [-0.25, -0.2) is 0 Å². The highest BCUT2D eigenvalue weighted by Gasteiger charge is 2.20. The molecular weight excluding hydrogens is 486 g/mol. The topological polar surface area (TPSA) is 44.5 Å². The summed E-state index contributed by atoms with van der Waals surface area (Å²) in [5.74, 6) is 1.53. The van der Waals surface area contributed by atoms with Crippen LogP contribution in [0.15, 0.2) is 30.9 Å². The van der Waals surface area contributed by atoms with E-state index in [-0.39, 0.29) is 6.04 Å². The van der Waals surface area contributed by atoms with E-state index in [2.05, 4.69) is 47.8 Å². The van der Waals surface area contributed by atoms with Crippen molar-refractivity contribution in [3.8, 4) is 11.5 Å². The Morgan fingerprint density at radius 2 is 1.67 bits per heavy atom. The summed E-state index contributed by atoms with van der Waals surface area (Å²) in [6.07, 6.45) is 0.887. The molecule has 0 amide bonds. The molecule has 0 saturated heterocycles. The first-order valence-electron chi connectivity index (χ1n) is 6.35. The quantitative estimate of drug-likeness (QED) is 0.616. The van der Waals surface area contributed by atoms with Crippen molar-refractivity contribution in [1.29, 1.82) is 0 Å². The van der Waals surface area contributed by atoms with Crippen molar-refractivity contribution >= 4 is 59.1 Å². The van der Waals surface area contributed by atoms with Gasteiger partial charge in [-0.3, -0.25) is 0 Å². The van der Waals surface area contributed by atoms with Crippen LogP contribution in [0.1, 0.15) is 22.9 Å². The Morgan fingerprint density at radius 1 is 1.00 bits per heavy atom. The van der Waals surface area contributed by atoms with E-state index in [1.807, 2.05) is 18.2 Å². The fourth-order valence-corrected chi connectivity index (χ4v) is 4.79. The van der Waals surface area contributed by atoms with Crippen LogP contribution in [0.4, 0.5) is 0 Å². The molecule has 0 aliphatic carbocycles. The van der Waals surface area contributed by atoms with E-state index in [0.29, 0.717) is 13.2 Å². The maximum absolute atomic E-state index is 6.41. The zero-order valence-corrected chi connectivity index (χ0v) is 16.4. The van der Waals surface area contributed by atoms with E-state index >= 15 is 0 Å². The second-order valence-electron chi connectivity index (χ2n) is 4.62. The smallest absolute Gasteiger partial charge is 0.162 e. The van der Waals surface area contributed by atoms with Gasteiger partial charge in [-0.1, -0.05) is 15.9 Å². The molecule has 0 fully saturated rings. The van der Waals surface area contributed by atoms with Crippen LogP contribution in [-0.2, 0) is 0 Å². The van der Waals surface area contributed by atoms with Gasteiger partial charge < -0.3 is 15.2 Å². The molecule has 2 N–H and O–H groups in total. The summed E-state index contributed by atoms with van der Waals surface area (Å²) in [4.78, 5) is 1.07. The molecule has 7 heteroatoms. The van der Waals surface area contributed by atoms with Crippen LogP contribution in [0, 0.1) is 0 Å². The largest absolute Gasteiger partial charge is 0.490 e. The fraction of sp³-hybridized carbons (Fsp3) is 0.286. The van der Waals surface area contributed by atoms with Gasteiger partial charge in [0.2, 0.25) is 0 Å². The molecule has 112 valence electrons. The van der Waals surface area contributed by atoms with Crippen molar-refractivity contribution in [2.75, 3.05) is 13.2 Å². The molecule has 0 spiro atoms. The molecule has 3 nitrogen and oxygen atoms in total. The maximum atomic E-state index is 6.41. The van der Waals surface area contributed by atoms with Crippen LogP contribution in [-0.4, -0.2) is 13.2 Å². The van der Waals surface area contributed by atoms with Crippen LogP contribution < -0.4 is 15.2 Å². The minimum absolute atomic E-state index is 0.218. The van der Waals surface area contributed by atoms with Gasteiger partial charge in [0, 0.05) is 20.2 Å². The maximum Gasteiger partial charge on any atom is 0.162 e. The summed E-state index contributed by atoms with van der Waals surface area (Å²) >= 11 is 12.2. The normalized spacial score (nSPS) is 15.6. The Morgan fingerprint density at radius 3 is 2.29 bits per heavy atom. The van der Waals surface area contributed by atoms with Gasteiger partial charge in [0.25, 0.3) is 0 Å². The van der Waals surface area contributed by atoms with Crippen LogP contribution in [0.5, 0.6) is 11.5 Å². The Kier molecular flexibility index (Phi) is 4.95. The predicted octanol–water partition coefficient (Wildman–Crippen LogP) is 5.25. The average Bonchev–Trinajstić information content (AvgIpc) is 2.66. The van der Waals surface area contributed by atoms with Gasteiger partial charge in [-0.2, -0.15) is 0 Å². The number of halogens is 3. The van der Waals surface area contributed by atoms with Crippen LogP contribution in [0.25, 0.3) is 0 Å². The molecule has 1 unspecified atom stereocenters. The first-order chi connectivity index (χ1) is 10.1. The minimum Gasteiger partial charge on any atom is -0.490 e. The van der Waals surface area contributed by atoms with Gasteiger partial charge in [0.1, 0.15) is 0 Å². The first kappa shape index (κ1) is 15.8. The van der Waals surface area contributed by atoms with Crippen molar-refractivity contribution in [3.63, 3.8) is 0 Å². The second kappa shape index (κ2) is 6.58. The monoisotopic (exact) mass is 495 g/mol. The molecule has 21 heavy (non-hydrogen) atoms. The standard InChI is InChI=1S/C14H12Br3NO2S/c15-8-5-11-10(19-2-1-3-20-11)4-7(8)13(18)12-6-9(16)14(17)21-12/h4-6,13H,1-3,18H2. The highest BCUT2D eigenvalue weighted by Crippen LogP contribution is 2.42. The summed E-state index contributed by atoms with van der Waals surface area (Å²) in [6.45, 7) is 1.34. The second-order valence-corrected chi connectivity index (χ2v) is 8.73. The Balaban J connectivity index is 1.99. The van der Waals surface area contributed by atoms with Gasteiger partial charge >= 0.3 is 0 Å². The molecule has 0 radical (unpaired) electrons. The number of ether oxygens (including phenoxy) is 2. The average molecular weight is 498 g/mol. The molecule has 1 aliphatic heterocycles. The first-order valence-corrected chi connectivity index (χ1v) is 9.55. The third kappa shape index (κ3) is 3.32. The van der Waals surface area contributed by atoms with Crippen molar-refractivity contribution < 1.29 is 9.47 Å². The lowest BCUT2D eigenvalue weighted by Gasteiger charge is -2.16. The zero-order valence-electron chi connectivity index (χ0n) is 10.9. The Hall–Kier alpha value is -0.0800. The van der Waals surface area contributed by atoms with E-state index in [4.69, 9.17) is 15.2 Å². The lowest BCUT2D eigenvalue weighted by molar-refractivity contribution is 0.297. The van der Waals surface area contributed by atoms with E-state index in [0.717, 1.165) is 41.1 Å². The molecule has 2 aromatic rings. The fourth-order valence-electron chi connectivity index (χ4n) is 2.11. The highest BCUT2D eigenvalue weighted by atomic mass is 79.9. The van der Waals surface area contributed by atoms with Crippen molar-refractivity contribution in [2.45, 2.75) is 12.5 Å². The molecule has 1 atom stereocenters. The van der Waals surface area contributed by atoms with Gasteiger partial charge in [-0.05, 0) is 55.6 Å². The van der Waals surface area contributed by atoms with Gasteiger partial charge in [0.05, 0.1) is 23.0 Å². The van der Waals surface area contributed by atoms with E-state index in [1.54, 1.807) is 11.3 Å². The third-order valence-electron chi connectivity index (χ3n) is 3.17. The minimum atomic E-state index is -0.218. The van der Waals surface area contributed by atoms with E-state index < -0.39 is 0 Å². The summed E-state index contributed by atoms with van der Waals surface area (Å²) in [7, 11) is 0. The van der Waals surface area contributed by atoms with Crippen LogP contribution in [0.3, 0.4) is 0 Å². The molecule has 2 heterocycles. The number of benzene rings is 1. The Bertz CT molecular complexity index is 655. The van der Waals surface area contributed by atoms with Crippen LogP contribution >= 0.6 is 59.1 Å². The lowest BCUT2D eigenvalue weighted by Crippen LogP contribution is -2.11. The van der Waals surface area contributed by atoms with Crippen molar-refractivity contribution in [3.05, 3.63) is 41.4 Å². The number of fused-ring (bicyclic) bond motifs is 1. The van der Waals surface area contributed by atoms with Crippen LogP contribution in [0.2, 0.25) is 0 Å². The molecule has 1 aliphatic rings. The van der Waals surface area contributed by atoms with E-state index in [9.17, 15) is 0 Å². The lowest BCUT2D eigenvalue weighted by atomic mass is 10.1. The SMILES string of the molecule is NC(c1cc(Br)c(Br)s1)c1cc2c(cc1Br)OCCCO2. The summed E-state index contributed by atoms with van der Waals surface area (Å²) in [5, 5.41) is 0. The summed E-state index contributed by atoms with van der Waals surface area (Å²) in [5.41, 5.74) is 7.40. The van der Waals surface area contributed by atoms with Crippen molar-refractivity contribution in [1.82, 2.24) is 0 Å². The number of rotatable bonds is 2. The molecular formula is C14H12Br3NO2S. The number of nitrogens with two attached hydrogens (primary N) is 1. The number of thiophene rings is 1. The number of hydrogen-bond donors (Lipinski definition) is 1. The van der Waals surface area contributed by atoms with E-state index in [1.165, 1.54) is 0 Å². The highest BCUT2D eigenvalue weighted by molar-refractivity contribution is 9.13.